The molecule has 0 bridgehead atoms. The van der Waals surface area contributed by atoms with Crippen LogP contribution < -0.4 is 21.1 Å². The molecule has 31 heavy (non-hydrogen) atoms. The zero-order valence-corrected chi connectivity index (χ0v) is 19.1. The van der Waals surface area contributed by atoms with Gasteiger partial charge in [0.15, 0.2) is 5.82 Å². The summed E-state index contributed by atoms with van der Waals surface area (Å²) in [4.78, 5) is 32.2. The average Bonchev–Trinajstić information content (AvgIpc) is 2.76. The summed E-state index contributed by atoms with van der Waals surface area (Å²) in [5.41, 5.74) is 2.40. The van der Waals surface area contributed by atoms with E-state index in [2.05, 4.69) is 38.5 Å². The van der Waals surface area contributed by atoms with Crippen molar-refractivity contribution in [3.63, 3.8) is 0 Å². The molecule has 2 aromatic carbocycles. The minimum absolute atomic E-state index is 0.0423. The van der Waals surface area contributed by atoms with E-state index in [0.29, 0.717) is 25.5 Å². The van der Waals surface area contributed by atoms with Crippen LogP contribution in [0.1, 0.15) is 26.2 Å². The van der Waals surface area contributed by atoms with Crippen LogP contribution in [0.5, 0.6) is 0 Å². The van der Waals surface area contributed by atoms with Crippen LogP contribution in [0.15, 0.2) is 57.8 Å². The van der Waals surface area contributed by atoms with Crippen LogP contribution >= 0.6 is 15.9 Å². The van der Waals surface area contributed by atoms with Gasteiger partial charge in [-0.05, 0) is 49.6 Å². The van der Waals surface area contributed by atoms with Gasteiger partial charge in [-0.15, -0.1) is 0 Å². The number of piperidine rings is 1. The number of rotatable bonds is 5. The summed E-state index contributed by atoms with van der Waals surface area (Å²) in [6.45, 7) is 4.09. The molecule has 1 aliphatic heterocycles. The number of benzene rings is 2. The largest absolute Gasteiger partial charge is 0.352 e. The van der Waals surface area contributed by atoms with E-state index in [0.717, 1.165) is 40.5 Å². The maximum absolute atomic E-state index is 13.1. The van der Waals surface area contributed by atoms with E-state index in [1.807, 2.05) is 58.0 Å². The van der Waals surface area contributed by atoms with Crippen LogP contribution in [0.3, 0.4) is 0 Å². The molecule has 0 unspecified atom stereocenters. The number of carbonyl (C=O) groups is 1. The quantitative estimate of drug-likeness (QED) is 0.564. The Morgan fingerprint density at radius 2 is 1.94 bits per heavy atom. The highest BCUT2D eigenvalue weighted by Gasteiger charge is 2.24. The van der Waals surface area contributed by atoms with Crippen LogP contribution in [0, 0.1) is 0 Å². The molecule has 0 aliphatic carbocycles. The number of fused-ring (bicyclic) bond motifs is 1. The van der Waals surface area contributed by atoms with Gasteiger partial charge < -0.3 is 20.1 Å². The standard InChI is InChI=1S/C23H26BrN5O2/c1-2-12-29-20-9-4-3-8-19(20)27-21(22(29)30)28-13-10-17(11-14-28)25-23(31)26-18-7-5-6-16(24)15-18/h3-9,15,17H,2,10-14H2,1H3,(H2,25,26,31). The zero-order valence-electron chi connectivity index (χ0n) is 17.5. The Hall–Kier alpha value is -2.87. The van der Waals surface area contributed by atoms with Crippen molar-refractivity contribution in [2.24, 2.45) is 0 Å². The van der Waals surface area contributed by atoms with E-state index in [1.54, 1.807) is 0 Å². The summed E-state index contributed by atoms with van der Waals surface area (Å²) >= 11 is 3.40. The molecule has 2 amide bonds. The lowest BCUT2D eigenvalue weighted by Crippen LogP contribution is -2.47. The maximum Gasteiger partial charge on any atom is 0.319 e. The minimum Gasteiger partial charge on any atom is -0.352 e. The fraction of sp³-hybridized carbons (Fsp3) is 0.348. The van der Waals surface area contributed by atoms with Crippen molar-refractivity contribution in [2.45, 2.75) is 38.8 Å². The highest BCUT2D eigenvalue weighted by atomic mass is 79.9. The van der Waals surface area contributed by atoms with Crippen LogP contribution in [0.4, 0.5) is 16.3 Å². The fourth-order valence-electron chi connectivity index (χ4n) is 3.98. The summed E-state index contributed by atoms with van der Waals surface area (Å²) in [7, 11) is 0. The van der Waals surface area contributed by atoms with Crippen molar-refractivity contribution in [1.29, 1.82) is 0 Å². The Morgan fingerprint density at radius 3 is 2.68 bits per heavy atom. The van der Waals surface area contributed by atoms with E-state index >= 15 is 0 Å². The second kappa shape index (κ2) is 9.51. The van der Waals surface area contributed by atoms with Crippen molar-refractivity contribution in [1.82, 2.24) is 14.9 Å². The van der Waals surface area contributed by atoms with Gasteiger partial charge in [-0.2, -0.15) is 0 Å². The lowest BCUT2D eigenvalue weighted by molar-refractivity contribution is 0.246. The van der Waals surface area contributed by atoms with E-state index in [9.17, 15) is 9.59 Å². The van der Waals surface area contributed by atoms with Crippen molar-refractivity contribution in [3.8, 4) is 0 Å². The normalized spacial score (nSPS) is 14.6. The monoisotopic (exact) mass is 483 g/mol. The molecule has 7 nitrogen and oxygen atoms in total. The van der Waals surface area contributed by atoms with Crippen molar-refractivity contribution >= 4 is 44.5 Å². The summed E-state index contributed by atoms with van der Waals surface area (Å²) in [6.07, 6.45) is 2.40. The number of amides is 2. The van der Waals surface area contributed by atoms with Crippen LogP contribution in [0.25, 0.3) is 11.0 Å². The van der Waals surface area contributed by atoms with Crippen molar-refractivity contribution in [3.05, 3.63) is 63.4 Å². The van der Waals surface area contributed by atoms with E-state index in [-0.39, 0.29) is 17.6 Å². The smallest absolute Gasteiger partial charge is 0.319 e. The number of urea groups is 1. The molecular weight excluding hydrogens is 458 g/mol. The fourth-order valence-corrected chi connectivity index (χ4v) is 4.38. The number of para-hydroxylation sites is 2. The Bertz CT molecular complexity index is 1140. The minimum atomic E-state index is -0.217. The Morgan fingerprint density at radius 1 is 1.16 bits per heavy atom. The first-order chi connectivity index (χ1) is 15.0. The molecule has 1 aliphatic rings. The number of nitrogens with one attached hydrogen (secondary N) is 2. The lowest BCUT2D eigenvalue weighted by atomic mass is 10.1. The summed E-state index contributed by atoms with van der Waals surface area (Å²) in [5, 5.41) is 5.90. The second-order valence-corrected chi connectivity index (χ2v) is 8.67. The molecule has 0 atom stereocenters. The van der Waals surface area contributed by atoms with Crippen LogP contribution in [-0.2, 0) is 6.54 Å². The molecule has 0 radical (unpaired) electrons. The molecule has 8 heteroatoms. The van der Waals surface area contributed by atoms with Gasteiger partial charge in [0.25, 0.3) is 5.56 Å². The molecule has 1 aromatic heterocycles. The molecule has 0 saturated carbocycles. The number of hydrogen-bond acceptors (Lipinski definition) is 4. The van der Waals surface area contributed by atoms with Crippen molar-refractivity contribution in [2.75, 3.05) is 23.3 Å². The molecule has 1 saturated heterocycles. The van der Waals surface area contributed by atoms with Gasteiger partial charge in [-0.25, -0.2) is 9.78 Å². The number of nitrogens with zero attached hydrogens (tertiary/aromatic N) is 3. The number of aryl methyl sites for hydroxylation is 1. The summed E-state index contributed by atoms with van der Waals surface area (Å²) in [6, 6.07) is 15.1. The van der Waals surface area contributed by atoms with Crippen LogP contribution in [-0.4, -0.2) is 34.7 Å². The Balaban J connectivity index is 1.43. The third-order valence-electron chi connectivity index (χ3n) is 5.49. The molecule has 0 spiro atoms. The highest BCUT2D eigenvalue weighted by Crippen LogP contribution is 2.20. The number of halogens is 1. The van der Waals surface area contributed by atoms with E-state index in [4.69, 9.17) is 0 Å². The number of anilines is 2. The molecule has 1 fully saturated rings. The lowest BCUT2D eigenvalue weighted by Gasteiger charge is -2.33. The van der Waals surface area contributed by atoms with Gasteiger partial charge in [-0.1, -0.05) is 41.1 Å². The molecule has 162 valence electrons. The number of aromatic nitrogens is 2. The van der Waals surface area contributed by atoms with Gasteiger partial charge in [0.1, 0.15) is 0 Å². The van der Waals surface area contributed by atoms with E-state index in [1.165, 1.54) is 0 Å². The summed E-state index contributed by atoms with van der Waals surface area (Å²) < 4.78 is 2.74. The van der Waals surface area contributed by atoms with Gasteiger partial charge in [-0.3, -0.25) is 4.79 Å². The SMILES string of the molecule is CCCn1c(=O)c(N2CCC(NC(=O)Nc3cccc(Br)c3)CC2)nc2ccccc21. The first kappa shape index (κ1) is 21.4. The molecule has 4 rings (SSSR count). The third kappa shape index (κ3) is 4.90. The molecule has 2 N–H and O–H groups in total. The first-order valence-corrected chi connectivity index (χ1v) is 11.4. The van der Waals surface area contributed by atoms with Gasteiger partial charge >= 0.3 is 6.03 Å². The van der Waals surface area contributed by atoms with Crippen LogP contribution in [0.2, 0.25) is 0 Å². The van der Waals surface area contributed by atoms with Gasteiger partial charge in [0.2, 0.25) is 0 Å². The zero-order chi connectivity index (χ0) is 21.8. The maximum atomic E-state index is 13.1. The van der Waals surface area contributed by atoms with Gasteiger partial charge in [0, 0.05) is 35.8 Å². The van der Waals surface area contributed by atoms with Crippen molar-refractivity contribution < 1.29 is 4.79 Å². The molecule has 2 heterocycles. The number of carbonyl (C=O) groups excluding carboxylic acids is 1. The summed E-state index contributed by atoms with van der Waals surface area (Å²) in [5.74, 6) is 0.504. The Kier molecular flexibility index (Phi) is 6.56. The highest BCUT2D eigenvalue weighted by molar-refractivity contribution is 9.10. The first-order valence-electron chi connectivity index (χ1n) is 10.6. The average molecular weight is 484 g/mol. The predicted molar refractivity (Wildman–Crippen MR) is 128 cm³/mol. The second-order valence-electron chi connectivity index (χ2n) is 7.75. The Labute approximate surface area is 189 Å². The molecule has 3 aromatic rings. The predicted octanol–water partition coefficient (Wildman–Crippen LogP) is 4.36. The molecular formula is C23H26BrN5O2. The van der Waals surface area contributed by atoms with Gasteiger partial charge in [0.05, 0.1) is 11.0 Å². The number of hydrogen-bond donors (Lipinski definition) is 2. The van der Waals surface area contributed by atoms with E-state index < -0.39 is 0 Å². The topological polar surface area (TPSA) is 79.3 Å². The third-order valence-corrected chi connectivity index (χ3v) is 5.99.